The Kier molecular flexibility index (Phi) is 8.22. The summed E-state index contributed by atoms with van der Waals surface area (Å²) in [5.74, 6) is 0. The van der Waals surface area contributed by atoms with Crippen molar-refractivity contribution in [3.63, 3.8) is 0 Å². The molecule has 22 heavy (non-hydrogen) atoms. The predicted molar refractivity (Wildman–Crippen MR) is 90.1 cm³/mol. The van der Waals surface area contributed by atoms with Crippen LogP contribution in [0, 0.1) is 0 Å². The maximum atomic E-state index is 11.6. The third kappa shape index (κ3) is 13.5. The first-order chi connectivity index (χ1) is 9.89. The van der Waals surface area contributed by atoms with Gasteiger partial charge >= 0.3 is 12.1 Å². The average Bonchev–Trinajstić information content (AvgIpc) is 2.23. The third-order valence-corrected chi connectivity index (χ3v) is 2.54. The first-order valence-electron chi connectivity index (χ1n) is 7.70. The lowest BCUT2D eigenvalue weighted by Gasteiger charge is -2.23. The number of amides is 4. The molecule has 0 atom stereocenters. The van der Waals surface area contributed by atoms with E-state index >= 15 is 0 Å². The Morgan fingerprint density at radius 2 is 1.09 bits per heavy atom. The lowest BCUT2D eigenvalue weighted by Crippen LogP contribution is -2.49. The Labute approximate surface area is 134 Å². The average molecular weight is 315 g/mol. The highest BCUT2D eigenvalue weighted by molar-refractivity contribution is 5.74. The Balaban J connectivity index is 3.73. The van der Waals surface area contributed by atoms with Crippen LogP contribution >= 0.6 is 0 Å². The van der Waals surface area contributed by atoms with E-state index < -0.39 is 0 Å². The summed E-state index contributed by atoms with van der Waals surface area (Å²) in [6.07, 6.45) is 0. The fourth-order valence-electron chi connectivity index (χ4n) is 1.60. The van der Waals surface area contributed by atoms with Crippen molar-refractivity contribution in [3.05, 3.63) is 0 Å². The molecule has 0 aliphatic carbocycles. The topological polar surface area (TPSA) is 85.5 Å². The van der Waals surface area contributed by atoms with Crippen LogP contribution in [-0.4, -0.2) is 61.3 Å². The molecule has 4 N–H and O–H groups in total. The van der Waals surface area contributed by atoms with Crippen LogP contribution < -0.4 is 21.3 Å². The number of hydrogen-bond donors (Lipinski definition) is 4. The molecule has 0 saturated carbocycles. The number of nitrogens with one attached hydrogen (secondary N) is 4. The predicted octanol–water partition coefficient (Wildman–Crippen LogP) is 1.11. The minimum atomic E-state index is -0.236. The molecule has 0 fully saturated rings. The number of urea groups is 2. The van der Waals surface area contributed by atoms with Crippen LogP contribution in [0.1, 0.15) is 41.5 Å². The molecular formula is C15H33N5O2. The molecule has 0 rings (SSSR count). The summed E-state index contributed by atoms with van der Waals surface area (Å²) in [7, 11) is 1.95. The van der Waals surface area contributed by atoms with E-state index in [9.17, 15) is 9.59 Å². The van der Waals surface area contributed by atoms with Crippen LogP contribution in [0.4, 0.5) is 9.59 Å². The summed E-state index contributed by atoms with van der Waals surface area (Å²) < 4.78 is 0. The van der Waals surface area contributed by atoms with Gasteiger partial charge in [0.1, 0.15) is 0 Å². The fourth-order valence-corrected chi connectivity index (χ4v) is 1.60. The molecule has 0 unspecified atom stereocenters. The van der Waals surface area contributed by atoms with Crippen molar-refractivity contribution in [2.45, 2.75) is 52.6 Å². The zero-order valence-corrected chi connectivity index (χ0v) is 15.1. The summed E-state index contributed by atoms with van der Waals surface area (Å²) in [6.45, 7) is 14.2. The summed E-state index contributed by atoms with van der Waals surface area (Å²) in [4.78, 5) is 25.2. The number of carbonyl (C=O) groups excluding carboxylic acids is 2. The number of hydrogen-bond acceptors (Lipinski definition) is 3. The Morgan fingerprint density at radius 1 is 0.773 bits per heavy atom. The van der Waals surface area contributed by atoms with Crippen molar-refractivity contribution in [2.75, 3.05) is 33.2 Å². The van der Waals surface area contributed by atoms with Gasteiger partial charge in [-0.2, -0.15) is 0 Å². The van der Waals surface area contributed by atoms with Gasteiger partial charge in [0, 0.05) is 37.3 Å². The van der Waals surface area contributed by atoms with Crippen LogP contribution in [0.25, 0.3) is 0 Å². The molecule has 0 aliphatic heterocycles. The maximum absolute atomic E-state index is 11.6. The quantitative estimate of drug-likeness (QED) is 0.592. The molecule has 130 valence electrons. The molecule has 7 nitrogen and oxygen atoms in total. The van der Waals surface area contributed by atoms with Crippen LogP contribution in [0.2, 0.25) is 0 Å². The number of nitrogens with zero attached hydrogens (tertiary/aromatic N) is 1. The van der Waals surface area contributed by atoms with E-state index in [1.165, 1.54) is 0 Å². The summed E-state index contributed by atoms with van der Waals surface area (Å²) in [6, 6.07) is -0.327. The lowest BCUT2D eigenvalue weighted by molar-refractivity contribution is 0.228. The highest BCUT2D eigenvalue weighted by Crippen LogP contribution is 1.97. The first-order valence-corrected chi connectivity index (χ1v) is 7.70. The molecule has 0 spiro atoms. The zero-order valence-electron chi connectivity index (χ0n) is 15.1. The second kappa shape index (κ2) is 8.82. The van der Waals surface area contributed by atoms with Crippen molar-refractivity contribution in [2.24, 2.45) is 0 Å². The summed E-state index contributed by atoms with van der Waals surface area (Å²) in [5, 5.41) is 11.3. The van der Waals surface area contributed by atoms with Crippen LogP contribution in [-0.2, 0) is 0 Å². The van der Waals surface area contributed by atoms with Gasteiger partial charge in [-0.25, -0.2) is 9.59 Å². The van der Waals surface area contributed by atoms with E-state index in [2.05, 4.69) is 26.2 Å². The van der Waals surface area contributed by atoms with Crippen molar-refractivity contribution >= 4 is 12.1 Å². The van der Waals surface area contributed by atoms with Crippen molar-refractivity contribution in [3.8, 4) is 0 Å². The van der Waals surface area contributed by atoms with Crippen molar-refractivity contribution in [1.29, 1.82) is 0 Å². The SMILES string of the molecule is CN(CCNC(=O)NC(C)(C)C)CCNC(=O)NC(C)(C)C. The van der Waals surface area contributed by atoms with Gasteiger partial charge in [-0.15, -0.1) is 0 Å². The van der Waals surface area contributed by atoms with Gasteiger partial charge in [-0.3, -0.25) is 0 Å². The molecular weight excluding hydrogens is 282 g/mol. The van der Waals surface area contributed by atoms with Gasteiger partial charge < -0.3 is 26.2 Å². The van der Waals surface area contributed by atoms with E-state index in [0.717, 1.165) is 13.1 Å². The second-order valence-corrected chi connectivity index (χ2v) is 7.57. The molecule has 0 aromatic carbocycles. The van der Waals surface area contributed by atoms with Crippen LogP contribution in [0.5, 0.6) is 0 Å². The van der Waals surface area contributed by atoms with Gasteiger partial charge in [0.05, 0.1) is 0 Å². The zero-order chi connectivity index (χ0) is 17.4. The molecule has 0 aromatic rings. The number of carbonyl (C=O) groups is 2. The van der Waals surface area contributed by atoms with E-state index in [0.29, 0.717) is 13.1 Å². The molecule has 0 aromatic heterocycles. The molecule has 0 aliphatic rings. The van der Waals surface area contributed by atoms with Gasteiger partial charge in [-0.05, 0) is 48.6 Å². The fraction of sp³-hybridized carbons (Fsp3) is 0.867. The second-order valence-electron chi connectivity index (χ2n) is 7.57. The molecule has 0 bridgehead atoms. The van der Waals surface area contributed by atoms with E-state index in [1.807, 2.05) is 48.6 Å². The Morgan fingerprint density at radius 3 is 1.36 bits per heavy atom. The first kappa shape index (κ1) is 20.5. The van der Waals surface area contributed by atoms with Crippen LogP contribution in [0.15, 0.2) is 0 Å². The number of likely N-dealkylation sites (N-methyl/N-ethyl adjacent to an activating group) is 1. The van der Waals surface area contributed by atoms with Gasteiger partial charge in [0.25, 0.3) is 0 Å². The summed E-state index contributed by atoms with van der Waals surface area (Å²) >= 11 is 0. The molecule has 0 saturated heterocycles. The largest absolute Gasteiger partial charge is 0.337 e. The maximum Gasteiger partial charge on any atom is 0.315 e. The van der Waals surface area contributed by atoms with E-state index in [-0.39, 0.29) is 23.1 Å². The molecule has 0 radical (unpaired) electrons. The Bertz CT molecular complexity index is 324. The van der Waals surface area contributed by atoms with Crippen molar-refractivity contribution in [1.82, 2.24) is 26.2 Å². The monoisotopic (exact) mass is 315 g/mol. The van der Waals surface area contributed by atoms with E-state index in [1.54, 1.807) is 0 Å². The third-order valence-electron chi connectivity index (χ3n) is 2.54. The summed E-state index contributed by atoms with van der Waals surface area (Å²) in [5.41, 5.74) is -0.472. The minimum absolute atomic E-state index is 0.163. The lowest BCUT2D eigenvalue weighted by atomic mass is 10.1. The highest BCUT2D eigenvalue weighted by atomic mass is 16.2. The minimum Gasteiger partial charge on any atom is -0.337 e. The molecule has 0 heterocycles. The van der Waals surface area contributed by atoms with Crippen molar-refractivity contribution < 1.29 is 9.59 Å². The molecule has 7 heteroatoms. The normalized spacial score (nSPS) is 12.0. The smallest absolute Gasteiger partial charge is 0.315 e. The van der Waals surface area contributed by atoms with Gasteiger partial charge in [0.15, 0.2) is 0 Å². The highest BCUT2D eigenvalue weighted by Gasteiger charge is 2.14. The van der Waals surface area contributed by atoms with Crippen LogP contribution in [0.3, 0.4) is 0 Å². The molecule has 4 amide bonds. The van der Waals surface area contributed by atoms with Gasteiger partial charge in [-0.1, -0.05) is 0 Å². The Hall–Kier alpha value is -1.50. The standard InChI is InChI=1S/C15H33N5O2/c1-14(2,3)18-12(21)16-8-10-20(7)11-9-17-13(22)19-15(4,5)6/h8-11H2,1-7H3,(H2,16,18,21)(H2,17,19,22). The van der Waals surface area contributed by atoms with Gasteiger partial charge in [0.2, 0.25) is 0 Å². The number of rotatable bonds is 6. The van der Waals surface area contributed by atoms with E-state index in [4.69, 9.17) is 0 Å².